The minimum atomic E-state index is -0.0609. The van der Waals surface area contributed by atoms with Gasteiger partial charge < -0.3 is 14.1 Å². The maximum atomic E-state index is 12.3. The number of carbonyl (C=O) groups is 1. The molecule has 0 bridgehead atoms. The first kappa shape index (κ1) is 14.8. The van der Waals surface area contributed by atoms with Crippen LogP contribution in [0.15, 0.2) is 58.1 Å². The summed E-state index contributed by atoms with van der Waals surface area (Å²) in [4.78, 5) is 20.0. The largest absolute Gasteiger partial charge is 0.497 e. The van der Waals surface area contributed by atoms with Crippen molar-refractivity contribution in [2.24, 2.45) is 0 Å². The van der Waals surface area contributed by atoms with Gasteiger partial charge >= 0.3 is 0 Å². The van der Waals surface area contributed by atoms with Gasteiger partial charge in [0.25, 0.3) is 0 Å². The molecule has 4 rings (SSSR count). The first-order valence-corrected chi connectivity index (χ1v) is 8.40. The number of para-hydroxylation sites is 1. The van der Waals surface area contributed by atoms with Crippen LogP contribution in [0.5, 0.6) is 5.75 Å². The van der Waals surface area contributed by atoms with Crippen LogP contribution in [0.3, 0.4) is 0 Å². The molecule has 0 aliphatic carbocycles. The number of hydrogen-bond donors (Lipinski definition) is 1. The number of methoxy groups -OCH3 is 1. The maximum Gasteiger partial charge on any atom is 0.208 e. The zero-order chi connectivity index (χ0) is 16.5. The van der Waals surface area contributed by atoms with Crippen LogP contribution >= 0.6 is 11.8 Å². The summed E-state index contributed by atoms with van der Waals surface area (Å²) in [6.45, 7) is 0. The summed E-state index contributed by atoms with van der Waals surface area (Å²) in [5.74, 6) is 1.34. The summed E-state index contributed by atoms with van der Waals surface area (Å²) in [6, 6.07) is 15.0. The number of nitrogens with one attached hydrogen (secondary N) is 1. The van der Waals surface area contributed by atoms with E-state index in [1.54, 1.807) is 13.2 Å². The predicted molar refractivity (Wildman–Crippen MR) is 93.9 cm³/mol. The fourth-order valence-corrected chi connectivity index (χ4v) is 3.24. The first-order valence-electron chi connectivity index (χ1n) is 7.41. The summed E-state index contributed by atoms with van der Waals surface area (Å²) in [6.07, 6.45) is 0. The molecule has 0 amide bonds. The van der Waals surface area contributed by atoms with Gasteiger partial charge in [0.05, 0.1) is 23.9 Å². The number of carbonyl (C=O) groups excluding carboxylic acids is 1. The van der Waals surface area contributed by atoms with E-state index >= 15 is 0 Å². The number of ether oxygens (including phenoxy) is 1. The Bertz CT molecular complexity index is 1000. The van der Waals surface area contributed by atoms with Crippen LogP contribution in [-0.2, 0) is 0 Å². The highest BCUT2D eigenvalue weighted by molar-refractivity contribution is 7.99. The highest BCUT2D eigenvalue weighted by atomic mass is 32.2. The summed E-state index contributed by atoms with van der Waals surface area (Å²) >= 11 is 1.36. The van der Waals surface area contributed by atoms with Crippen LogP contribution in [0, 0.1) is 0 Å². The van der Waals surface area contributed by atoms with E-state index in [1.165, 1.54) is 11.8 Å². The average molecular weight is 338 g/mol. The second-order valence-corrected chi connectivity index (χ2v) is 6.25. The van der Waals surface area contributed by atoms with Crippen molar-refractivity contribution < 1.29 is 13.9 Å². The fourth-order valence-electron chi connectivity index (χ4n) is 2.48. The smallest absolute Gasteiger partial charge is 0.208 e. The maximum absolute atomic E-state index is 12.3. The molecule has 4 aromatic rings. The van der Waals surface area contributed by atoms with Gasteiger partial charge in [-0.15, -0.1) is 0 Å². The molecule has 2 heterocycles. The molecule has 120 valence electrons. The second-order valence-electron chi connectivity index (χ2n) is 5.29. The number of thioether (sulfide) groups is 1. The molecule has 0 unspecified atom stereocenters. The predicted octanol–water partition coefficient (Wildman–Crippen LogP) is 4.29. The summed E-state index contributed by atoms with van der Waals surface area (Å²) < 4.78 is 10.8. The minimum absolute atomic E-state index is 0.0609. The third-order valence-corrected chi connectivity index (χ3v) is 4.58. The Morgan fingerprint density at radius 1 is 1.25 bits per heavy atom. The SMILES string of the molecule is COc1ccc2nc(SCC(=O)c3cc4ccccc4o3)[nH]c2c1. The second kappa shape index (κ2) is 6.05. The van der Waals surface area contributed by atoms with E-state index in [0.717, 1.165) is 27.8 Å². The topological polar surface area (TPSA) is 68.1 Å². The molecular formula is C18H14N2O3S. The molecule has 0 saturated heterocycles. The molecule has 0 radical (unpaired) electrons. The van der Waals surface area contributed by atoms with Gasteiger partial charge in [-0.05, 0) is 24.3 Å². The van der Waals surface area contributed by atoms with E-state index in [1.807, 2.05) is 42.5 Å². The molecular weight excluding hydrogens is 324 g/mol. The molecule has 6 heteroatoms. The Morgan fingerprint density at radius 3 is 2.96 bits per heavy atom. The van der Waals surface area contributed by atoms with Crippen molar-refractivity contribution in [1.29, 1.82) is 0 Å². The Hall–Kier alpha value is -2.73. The van der Waals surface area contributed by atoms with E-state index in [9.17, 15) is 4.79 Å². The number of H-pyrrole nitrogens is 1. The van der Waals surface area contributed by atoms with Crippen LogP contribution < -0.4 is 4.74 Å². The van der Waals surface area contributed by atoms with Crippen LogP contribution in [0.2, 0.25) is 0 Å². The van der Waals surface area contributed by atoms with Crippen molar-refractivity contribution >= 4 is 39.5 Å². The Balaban J connectivity index is 1.50. The van der Waals surface area contributed by atoms with Gasteiger partial charge in [-0.2, -0.15) is 0 Å². The molecule has 5 nitrogen and oxygen atoms in total. The molecule has 0 aliphatic heterocycles. The van der Waals surface area contributed by atoms with Crippen molar-refractivity contribution in [2.75, 3.05) is 12.9 Å². The molecule has 0 saturated carbocycles. The number of hydrogen-bond acceptors (Lipinski definition) is 5. The lowest BCUT2D eigenvalue weighted by molar-refractivity contribution is 0.0994. The number of rotatable bonds is 5. The molecule has 0 spiro atoms. The van der Waals surface area contributed by atoms with E-state index in [-0.39, 0.29) is 11.5 Å². The zero-order valence-electron chi connectivity index (χ0n) is 12.9. The van der Waals surface area contributed by atoms with Crippen LogP contribution in [0.1, 0.15) is 10.6 Å². The Morgan fingerprint density at radius 2 is 2.12 bits per heavy atom. The normalized spacial score (nSPS) is 11.2. The third kappa shape index (κ3) is 2.76. The van der Waals surface area contributed by atoms with Crippen molar-refractivity contribution in [3.8, 4) is 5.75 Å². The van der Waals surface area contributed by atoms with E-state index in [2.05, 4.69) is 9.97 Å². The number of benzene rings is 2. The third-order valence-electron chi connectivity index (χ3n) is 3.71. The molecule has 0 fully saturated rings. The first-order chi connectivity index (χ1) is 11.7. The number of furan rings is 1. The van der Waals surface area contributed by atoms with Crippen LogP contribution in [0.4, 0.5) is 0 Å². The van der Waals surface area contributed by atoms with Gasteiger partial charge in [-0.3, -0.25) is 4.79 Å². The molecule has 2 aromatic heterocycles. The molecule has 24 heavy (non-hydrogen) atoms. The van der Waals surface area contributed by atoms with Gasteiger partial charge in [0.1, 0.15) is 11.3 Å². The Labute approximate surface area is 142 Å². The van der Waals surface area contributed by atoms with Crippen molar-refractivity contribution in [1.82, 2.24) is 9.97 Å². The summed E-state index contributed by atoms with van der Waals surface area (Å²) in [7, 11) is 1.62. The molecule has 1 N–H and O–H groups in total. The lowest BCUT2D eigenvalue weighted by Crippen LogP contribution is -2.00. The van der Waals surface area contributed by atoms with Crippen molar-refractivity contribution in [3.05, 3.63) is 54.3 Å². The zero-order valence-corrected chi connectivity index (χ0v) is 13.7. The highest BCUT2D eigenvalue weighted by Crippen LogP contribution is 2.25. The molecule has 0 aliphatic rings. The van der Waals surface area contributed by atoms with Crippen LogP contribution in [-0.4, -0.2) is 28.6 Å². The van der Waals surface area contributed by atoms with E-state index in [4.69, 9.17) is 9.15 Å². The van der Waals surface area contributed by atoms with Gasteiger partial charge in [0, 0.05) is 11.5 Å². The number of fused-ring (bicyclic) bond motifs is 2. The van der Waals surface area contributed by atoms with Gasteiger partial charge in [-0.1, -0.05) is 30.0 Å². The standard InChI is InChI=1S/C18H14N2O3S/c1-22-12-6-7-13-14(9-12)20-18(19-13)24-10-15(21)17-8-11-4-2-3-5-16(11)23-17/h2-9H,10H2,1H3,(H,19,20). The number of ketones is 1. The van der Waals surface area contributed by atoms with E-state index in [0.29, 0.717) is 10.9 Å². The minimum Gasteiger partial charge on any atom is -0.497 e. The number of Topliss-reactive ketones (excluding diaryl/α,β-unsaturated/α-hetero) is 1. The fraction of sp³-hybridized carbons (Fsp3) is 0.111. The lowest BCUT2D eigenvalue weighted by Gasteiger charge is -1.96. The number of nitrogens with zero attached hydrogens (tertiary/aromatic N) is 1. The number of imidazole rings is 1. The molecule has 2 aromatic carbocycles. The van der Waals surface area contributed by atoms with Gasteiger partial charge in [-0.25, -0.2) is 4.98 Å². The molecule has 0 atom stereocenters. The van der Waals surface area contributed by atoms with Gasteiger partial charge in [0.2, 0.25) is 5.78 Å². The average Bonchev–Trinajstić information content (AvgIpc) is 3.22. The van der Waals surface area contributed by atoms with E-state index < -0.39 is 0 Å². The summed E-state index contributed by atoms with van der Waals surface area (Å²) in [5, 5.41) is 1.63. The quantitative estimate of drug-likeness (QED) is 0.434. The van der Waals surface area contributed by atoms with Crippen molar-refractivity contribution in [2.45, 2.75) is 5.16 Å². The Kier molecular flexibility index (Phi) is 3.74. The number of aromatic nitrogens is 2. The lowest BCUT2D eigenvalue weighted by atomic mass is 10.2. The number of aromatic amines is 1. The van der Waals surface area contributed by atoms with Gasteiger partial charge in [0.15, 0.2) is 10.9 Å². The van der Waals surface area contributed by atoms with Crippen molar-refractivity contribution in [3.63, 3.8) is 0 Å². The highest BCUT2D eigenvalue weighted by Gasteiger charge is 2.14. The van der Waals surface area contributed by atoms with Crippen LogP contribution in [0.25, 0.3) is 22.0 Å². The monoisotopic (exact) mass is 338 g/mol. The summed E-state index contributed by atoms with van der Waals surface area (Å²) in [5.41, 5.74) is 2.45.